The fourth-order valence-corrected chi connectivity index (χ4v) is 5.52. The second kappa shape index (κ2) is 10.4. The van der Waals surface area contributed by atoms with Crippen molar-refractivity contribution < 1.29 is 19.3 Å². The van der Waals surface area contributed by atoms with Gasteiger partial charge in [-0.05, 0) is 62.9 Å². The number of rotatable bonds is 7. The van der Waals surface area contributed by atoms with Gasteiger partial charge in [0.2, 0.25) is 5.95 Å². The average molecular weight is 506 g/mol. The molecule has 1 aliphatic carbocycles. The summed E-state index contributed by atoms with van der Waals surface area (Å²) in [5, 5.41) is 10.8. The highest BCUT2D eigenvalue weighted by atomic mass is 16.5. The zero-order chi connectivity index (χ0) is 25.4. The number of hydrogen-bond acceptors (Lipinski definition) is 9. The fraction of sp³-hybridized carbons (Fsp3) is 0.536. The van der Waals surface area contributed by atoms with Crippen LogP contribution in [0.25, 0.3) is 22.3 Å². The molecule has 2 aromatic heterocycles. The van der Waals surface area contributed by atoms with Crippen LogP contribution in [0.2, 0.25) is 0 Å². The van der Waals surface area contributed by atoms with Crippen LogP contribution in [0, 0.1) is 0 Å². The second-order valence-corrected chi connectivity index (χ2v) is 10.2. The number of methoxy groups -OCH3 is 1. The number of nitrogens with zero attached hydrogens (tertiary/aromatic N) is 5. The van der Waals surface area contributed by atoms with E-state index in [9.17, 15) is 5.11 Å². The summed E-state index contributed by atoms with van der Waals surface area (Å²) >= 11 is 0. The molecule has 0 spiro atoms. The minimum absolute atomic E-state index is 0.0998. The van der Waals surface area contributed by atoms with Gasteiger partial charge in [0.05, 0.1) is 44.1 Å². The lowest BCUT2D eigenvalue weighted by Gasteiger charge is -2.37. The monoisotopic (exact) mass is 505 g/mol. The standard InChI is InChI=1S/C28H35N5O4/c1-18-17-37-14-11-32(18)27-23-6-7-24(19-3-8-25(35-2)20(15-19)16-34)29-26(23)30-28(31-27)33(21-4-5-21)22-9-12-36-13-10-22/h3,6-8,15,18,21-22,34H,4-5,9-14,16-17H2,1-2H3/t18-/m0/s1. The summed E-state index contributed by atoms with van der Waals surface area (Å²) in [6.07, 6.45) is 4.32. The molecule has 0 bridgehead atoms. The number of benzene rings is 1. The molecule has 3 aromatic rings. The Bertz CT molecular complexity index is 1260. The summed E-state index contributed by atoms with van der Waals surface area (Å²) in [6, 6.07) is 10.9. The van der Waals surface area contributed by atoms with E-state index in [4.69, 9.17) is 29.2 Å². The molecule has 1 atom stereocenters. The lowest BCUT2D eigenvalue weighted by molar-refractivity contribution is 0.0837. The summed E-state index contributed by atoms with van der Waals surface area (Å²) in [5.41, 5.74) is 3.14. The molecule has 2 saturated heterocycles. The van der Waals surface area contributed by atoms with Crippen molar-refractivity contribution in [1.82, 2.24) is 15.0 Å². The van der Waals surface area contributed by atoms with E-state index < -0.39 is 0 Å². The maximum atomic E-state index is 9.83. The first-order valence-corrected chi connectivity index (χ1v) is 13.3. The van der Waals surface area contributed by atoms with Crippen molar-refractivity contribution in [3.05, 3.63) is 35.9 Å². The van der Waals surface area contributed by atoms with Crippen LogP contribution in [-0.2, 0) is 16.1 Å². The van der Waals surface area contributed by atoms with E-state index in [1.807, 2.05) is 24.3 Å². The molecule has 9 heteroatoms. The van der Waals surface area contributed by atoms with Crippen LogP contribution in [0.3, 0.4) is 0 Å². The number of anilines is 2. The summed E-state index contributed by atoms with van der Waals surface area (Å²) in [7, 11) is 1.61. The highest BCUT2D eigenvalue weighted by Crippen LogP contribution is 2.37. The van der Waals surface area contributed by atoms with Crippen LogP contribution in [0.15, 0.2) is 30.3 Å². The van der Waals surface area contributed by atoms with E-state index in [1.165, 1.54) is 12.8 Å². The molecule has 1 N–H and O–H groups in total. The third-order valence-electron chi connectivity index (χ3n) is 7.67. The van der Waals surface area contributed by atoms with Gasteiger partial charge >= 0.3 is 0 Å². The molecule has 3 aliphatic rings. The van der Waals surface area contributed by atoms with Crippen LogP contribution in [0.5, 0.6) is 5.75 Å². The molecule has 1 saturated carbocycles. The normalized spacial score (nSPS) is 20.8. The Hall–Kier alpha value is -3.01. The average Bonchev–Trinajstić information content (AvgIpc) is 3.78. The summed E-state index contributed by atoms with van der Waals surface area (Å²) in [5.74, 6) is 2.36. The summed E-state index contributed by atoms with van der Waals surface area (Å²) in [4.78, 5) is 20.1. The van der Waals surface area contributed by atoms with Gasteiger partial charge in [0.25, 0.3) is 0 Å². The quantitative estimate of drug-likeness (QED) is 0.517. The predicted molar refractivity (Wildman–Crippen MR) is 142 cm³/mol. The van der Waals surface area contributed by atoms with E-state index in [-0.39, 0.29) is 12.6 Å². The molecule has 0 unspecified atom stereocenters. The highest BCUT2D eigenvalue weighted by molar-refractivity contribution is 5.90. The molecule has 0 amide bonds. The van der Waals surface area contributed by atoms with Crippen molar-refractivity contribution in [2.24, 2.45) is 0 Å². The molecule has 196 valence electrons. The molecule has 3 fully saturated rings. The van der Waals surface area contributed by atoms with Crippen molar-refractivity contribution in [3.63, 3.8) is 0 Å². The number of aliphatic hydroxyl groups is 1. The number of fused-ring (bicyclic) bond motifs is 1. The molecular weight excluding hydrogens is 470 g/mol. The van der Waals surface area contributed by atoms with Crippen molar-refractivity contribution in [1.29, 1.82) is 0 Å². The van der Waals surface area contributed by atoms with E-state index in [0.717, 1.165) is 66.6 Å². The minimum atomic E-state index is -0.0998. The fourth-order valence-electron chi connectivity index (χ4n) is 5.52. The topological polar surface area (TPSA) is 93.1 Å². The summed E-state index contributed by atoms with van der Waals surface area (Å²) < 4.78 is 16.8. The number of hydrogen-bond donors (Lipinski definition) is 1. The zero-order valence-electron chi connectivity index (χ0n) is 21.6. The van der Waals surface area contributed by atoms with Crippen molar-refractivity contribution in [2.75, 3.05) is 49.9 Å². The van der Waals surface area contributed by atoms with Gasteiger partial charge in [-0.1, -0.05) is 0 Å². The Kier molecular flexibility index (Phi) is 6.84. The molecule has 9 nitrogen and oxygen atoms in total. The van der Waals surface area contributed by atoms with Crippen LogP contribution in [0.1, 0.15) is 38.2 Å². The van der Waals surface area contributed by atoms with Gasteiger partial charge < -0.3 is 29.1 Å². The molecule has 37 heavy (non-hydrogen) atoms. The van der Waals surface area contributed by atoms with Gasteiger partial charge in [0, 0.05) is 43.0 Å². The molecule has 0 radical (unpaired) electrons. The number of aliphatic hydroxyl groups excluding tert-OH is 1. The van der Waals surface area contributed by atoms with Crippen molar-refractivity contribution in [3.8, 4) is 17.0 Å². The maximum absolute atomic E-state index is 9.83. The SMILES string of the molecule is COc1ccc(-c2ccc3c(N4CCOC[C@@H]4C)nc(N(C4CCOCC4)C4CC4)nc3n2)cc1CO. The maximum Gasteiger partial charge on any atom is 0.229 e. The van der Waals surface area contributed by atoms with E-state index in [0.29, 0.717) is 36.7 Å². The van der Waals surface area contributed by atoms with Gasteiger partial charge in [0.15, 0.2) is 5.65 Å². The lowest BCUT2D eigenvalue weighted by atomic mass is 10.1. The molecule has 1 aromatic carbocycles. The Morgan fingerprint density at radius 2 is 1.81 bits per heavy atom. The number of ether oxygens (including phenoxy) is 3. The van der Waals surface area contributed by atoms with Crippen molar-refractivity contribution >= 4 is 22.8 Å². The minimum Gasteiger partial charge on any atom is -0.496 e. The largest absolute Gasteiger partial charge is 0.496 e. The van der Waals surface area contributed by atoms with Gasteiger partial charge in [0.1, 0.15) is 11.6 Å². The van der Waals surface area contributed by atoms with Crippen LogP contribution >= 0.6 is 0 Å². The third-order valence-corrected chi connectivity index (χ3v) is 7.67. The Morgan fingerprint density at radius 1 is 1.00 bits per heavy atom. The Balaban J connectivity index is 1.48. The molecule has 6 rings (SSSR count). The second-order valence-electron chi connectivity index (χ2n) is 10.2. The number of pyridine rings is 1. The Labute approximate surface area is 217 Å². The highest BCUT2D eigenvalue weighted by Gasteiger charge is 2.37. The predicted octanol–water partition coefficient (Wildman–Crippen LogP) is 3.57. The molecule has 2 aliphatic heterocycles. The van der Waals surface area contributed by atoms with Gasteiger partial charge in [-0.25, -0.2) is 4.98 Å². The van der Waals surface area contributed by atoms with Crippen molar-refractivity contribution in [2.45, 2.75) is 57.3 Å². The summed E-state index contributed by atoms with van der Waals surface area (Å²) in [6.45, 7) is 5.78. The zero-order valence-corrected chi connectivity index (χ0v) is 21.6. The van der Waals surface area contributed by atoms with E-state index in [2.05, 4.69) is 22.8 Å². The molecule has 4 heterocycles. The third kappa shape index (κ3) is 4.83. The first-order valence-electron chi connectivity index (χ1n) is 13.3. The van der Waals surface area contributed by atoms with Gasteiger partial charge in [-0.15, -0.1) is 0 Å². The van der Waals surface area contributed by atoms with Crippen LogP contribution < -0.4 is 14.5 Å². The molecular formula is C28H35N5O4. The van der Waals surface area contributed by atoms with E-state index >= 15 is 0 Å². The van der Waals surface area contributed by atoms with Gasteiger partial charge in [-0.3, -0.25) is 0 Å². The van der Waals surface area contributed by atoms with E-state index in [1.54, 1.807) is 7.11 Å². The smallest absolute Gasteiger partial charge is 0.229 e. The van der Waals surface area contributed by atoms with Crippen LogP contribution in [-0.4, -0.2) is 78.3 Å². The first-order chi connectivity index (χ1) is 18.2. The number of aromatic nitrogens is 3. The lowest BCUT2D eigenvalue weighted by Crippen LogP contribution is -2.45. The number of morpholine rings is 1. The van der Waals surface area contributed by atoms with Gasteiger partial charge in [-0.2, -0.15) is 9.97 Å². The van der Waals surface area contributed by atoms with Crippen LogP contribution in [0.4, 0.5) is 11.8 Å². The first kappa shape index (κ1) is 24.3. The Morgan fingerprint density at radius 3 is 2.54 bits per heavy atom.